The van der Waals surface area contributed by atoms with Crippen LogP contribution < -0.4 is 15.7 Å². The molecule has 0 radical (unpaired) electrons. The molecule has 0 aliphatic carbocycles. The van der Waals surface area contributed by atoms with Crippen LogP contribution in [0.1, 0.15) is 23.6 Å². The Hall–Kier alpha value is -4.39. The number of benzene rings is 2. The molecular weight excluding hydrogens is 539 g/mol. The third-order valence-electron chi connectivity index (χ3n) is 7.14. The van der Waals surface area contributed by atoms with Crippen molar-refractivity contribution in [3.8, 4) is 5.75 Å². The van der Waals surface area contributed by atoms with E-state index >= 15 is 0 Å². The largest absolute Gasteiger partial charge is 0.497 e. The van der Waals surface area contributed by atoms with E-state index in [9.17, 15) is 22.8 Å². The molecule has 0 saturated carbocycles. The van der Waals surface area contributed by atoms with Gasteiger partial charge in [0.15, 0.2) is 5.65 Å². The van der Waals surface area contributed by atoms with E-state index in [1.165, 1.54) is 12.1 Å². The summed E-state index contributed by atoms with van der Waals surface area (Å²) in [5.74, 6) is 0.817. The molecule has 1 fully saturated rings. The minimum atomic E-state index is -4.44. The zero-order valence-corrected chi connectivity index (χ0v) is 22.9. The molecular formula is C28H30F3N7O3. The average molecular weight is 570 g/mol. The number of anilines is 2. The number of nitrogens with one attached hydrogen (secondary N) is 1. The summed E-state index contributed by atoms with van der Waals surface area (Å²) in [5, 5.41) is 2.94. The molecule has 10 nitrogen and oxygen atoms in total. The van der Waals surface area contributed by atoms with Crippen molar-refractivity contribution in [3.05, 3.63) is 76.3 Å². The lowest BCUT2D eigenvalue weighted by molar-refractivity contribution is -0.137. The number of ether oxygens (including phenoxy) is 1. The maximum atomic E-state index is 13.9. The molecule has 1 atom stereocenters. The predicted molar refractivity (Wildman–Crippen MR) is 147 cm³/mol. The van der Waals surface area contributed by atoms with Gasteiger partial charge >= 0.3 is 11.9 Å². The summed E-state index contributed by atoms with van der Waals surface area (Å²) in [6.45, 7) is 1.68. The van der Waals surface area contributed by atoms with Gasteiger partial charge in [-0.15, -0.1) is 0 Å². The fourth-order valence-corrected chi connectivity index (χ4v) is 4.90. The number of carbonyl (C=O) groups excluding carboxylic acids is 1. The van der Waals surface area contributed by atoms with Crippen LogP contribution >= 0.6 is 0 Å². The number of hydrogen-bond donors (Lipinski definition) is 1. The van der Waals surface area contributed by atoms with Crippen molar-refractivity contribution in [1.82, 2.24) is 28.9 Å². The van der Waals surface area contributed by atoms with Crippen molar-refractivity contribution in [1.29, 1.82) is 0 Å². The normalized spacial score (nSPS) is 15.8. The second kappa shape index (κ2) is 11.2. The zero-order valence-electron chi connectivity index (χ0n) is 22.9. The van der Waals surface area contributed by atoms with Crippen LogP contribution in [0.3, 0.4) is 0 Å². The van der Waals surface area contributed by atoms with Crippen molar-refractivity contribution >= 4 is 28.7 Å². The van der Waals surface area contributed by atoms with E-state index < -0.39 is 11.7 Å². The highest BCUT2D eigenvalue weighted by atomic mass is 19.4. The SMILES string of the molecule is COc1ccc(Cn2c(=O)n(C3CCN(CC(=O)N(C)C)C3)c3cnc(Nc4ccc(C(F)(F)F)cc4)nc32)cc1. The Morgan fingerprint density at radius 3 is 2.46 bits per heavy atom. The van der Waals surface area contributed by atoms with Gasteiger partial charge in [-0.2, -0.15) is 18.2 Å². The van der Waals surface area contributed by atoms with E-state index in [2.05, 4.69) is 15.3 Å². The predicted octanol–water partition coefficient (Wildman–Crippen LogP) is 3.75. The molecule has 216 valence electrons. The van der Waals surface area contributed by atoms with E-state index in [0.29, 0.717) is 42.1 Å². The fraction of sp³-hybridized carbons (Fsp3) is 0.357. The number of fused-ring (bicyclic) bond motifs is 1. The van der Waals surface area contributed by atoms with Gasteiger partial charge in [-0.1, -0.05) is 12.1 Å². The molecule has 4 aromatic rings. The van der Waals surface area contributed by atoms with Crippen LogP contribution in [0.5, 0.6) is 5.75 Å². The molecule has 1 saturated heterocycles. The van der Waals surface area contributed by atoms with Gasteiger partial charge in [0.2, 0.25) is 11.9 Å². The van der Waals surface area contributed by atoms with Crippen molar-refractivity contribution in [3.63, 3.8) is 0 Å². The monoisotopic (exact) mass is 569 g/mol. The lowest BCUT2D eigenvalue weighted by Crippen LogP contribution is -2.36. The number of aromatic nitrogens is 4. The summed E-state index contributed by atoms with van der Waals surface area (Å²) in [4.78, 5) is 38.7. The van der Waals surface area contributed by atoms with E-state index in [4.69, 9.17) is 4.74 Å². The minimum absolute atomic E-state index is 0.0118. The van der Waals surface area contributed by atoms with Gasteiger partial charge < -0.3 is 15.0 Å². The summed E-state index contributed by atoms with van der Waals surface area (Å²) < 4.78 is 47.4. The van der Waals surface area contributed by atoms with Crippen LogP contribution in [-0.4, -0.2) is 75.6 Å². The van der Waals surface area contributed by atoms with Gasteiger partial charge in [-0.3, -0.25) is 18.8 Å². The zero-order chi connectivity index (χ0) is 29.3. The fourth-order valence-electron chi connectivity index (χ4n) is 4.90. The highest BCUT2D eigenvalue weighted by Crippen LogP contribution is 2.30. The highest BCUT2D eigenvalue weighted by molar-refractivity contribution is 5.77. The van der Waals surface area contributed by atoms with Crippen LogP contribution in [0.25, 0.3) is 11.2 Å². The molecule has 0 bridgehead atoms. The standard InChI is InChI=1S/C28H30F3N7O3/c1-35(2)24(39)17-36-13-12-21(16-36)38-23-14-32-26(33-20-8-6-19(7-9-20)28(29,30)31)34-25(23)37(27(38)40)15-18-4-10-22(41-3)11-5-18/h4-11,14,21H,12-13,15-17H2,1-3H3,(H,32,33,34). The topological polar surface area (TPSA) is 97.5 Å². The van der Waals surface area contributed by atoms with Crippen LogP contribution in [0.4, 0.5) is 24.8 Å². The number of amides is 1. The first-order valence-electron chi connectivity index (χ1n) is 13.0. The third-order valence-corrected chi connectivity index (χ3v) is 7.14. The number of halogens is 3. The molecule has 1 aliphatic heterocycles. The Morgan fingerprint density at radius 1 is 1.12 bits per heavy atom. The second-order valence-electron chi connectivity index (χ2n) is 10.2. The molecule has 41 heavy (non-hydrogen) atoms. The maximum absolute atomic E-state index is 13.9. The summed E-state index contributed by atoms with van der Waals surface area (Å²) >= 11 is 0. The number of likely N-dealkylation sites (N-methyl/N-ethyl adjacent to an activating group) is 1. The summed E-state index contributed by atoms with van der Waals surface area (Å²) in [7, 11) is 4.99. The summed E-state index contributed by atoms with van der Waals surface area (Å²) in [6, 6.07) is 11.7. The van der Waals surface area contributed by atoms with Gasteiger partial charge in [-0.25, -0.2) is 9.78 Å². The van der Waals surface area contributed by atoms with E-state index in [1.807, 2.05) is 29.2 Å². The van der Waals surface area contributed by atoms with Gasteiger partial charge in [0.25, 0.3) is 0 Å². The Labute approximate surface area is 234 Å². The quantitative estimate of drug-likeness (QED) is 0.345. The van der Waals surface area contributed by atoms with Crippen LogP contribution in [0.15, 0.2) is 59.5 Å². The average Bonchev–Trinajstić information content (AvgIpc) is 3.50. The smallest absolute Gasteiger partial charge is 0.416 e. The molecule has 5 rings (SSSR count). The molecule has 1 amide bonds. The molecule has 0 spiro atoms. The lowest BCUT2D eigenvalue weighted by Gasteiger charge is -2.18. The number of nitrogens with zero attached hydrogens (tertiary/aromatic N) is 6. The summed E-state index contributed by atoms with van der Waals surface area (Å²) in [5.41, 5.74) is 1.13. The number of likely N-dealkylation sites (tertiary alicyclic amines) is 1. The Kier molecular flexibility index (Phi) is 7.72. The Bertz CT molecular complexity index is 1600. The third kappa shape index (κ3) is 6.04. The van der Waals surface area contributed by atoms with Gasteiger partial charge in [-0.05, 0) is 48.4 Å². The van der Waals surface area contributed by atoms with E-state index in [1.54, 1.807) is 41.4 Å². The molecule has 2 aromatic heterocycles. The first kappa shape index (κ1) is 28.1. The number of rotatable bonds is 8. The molecule has 2 aromatic carbocycles. The molecule has 1 unspecified atom stereocenters. The molecule has 1 aliphatic rings. The number of alkyl halides is 3. The van der Waals surface area contributed by atoms with E-state index in [0.717, 1.165) is 17.7 Å². The van der Waals surface area contributed by atoms with Crippen molar-refractivity contribution in [2.24, 2.45) is 0 Å². The van der Waals surface area contributed by atoms with E-state index in [-0.39, 0.29) is 36.7 Å². The first-order chi connectivity index (χ1) is 19.5. The summed E-state index contributed by atoms with van der Waals surface area (Å²) in [6.07, 6.45) is -2.22. The van der Waals surface area contributed by atoms with Gasteiger partial charge in [0, 0.05) is 32.9 Å². The van der Waals surface area contributed by atoms with Crippen LogP contribution in [-0.2, 0) is 17.5 Å². The van der Waals surface area contributed by atoms with Crippen molar-refractivity contribution in [2.75, 3.05) is 46.2 Å². The number of hydrogen-bond acceptors (Lipinski definition) is 7. The first-order valence-corrected chi connectivity index (χ1v) is 13.0. The number of carbonyl (C=O) groups is 1. The Morgan fingerprint density at radius 2 is 1.83 bits per heavy atom. The second-order valence-corrected chi connectivity index (χ2v) is 10.2. The Balaban J connectivity index is 1.49. The highest BCUT2D eigenvalue weighted by Gasteiger charge is 2.31. The molecule has 3 heterocycles. The molecule has 1 N–H and O–H groups in total. The van der Waals surface area contributed by atoms with Crippen LogP contribution in [0.2, 0.25) is 0 Å². The lowest BCUT2D eigenvalue weighted by atomic mass is 10.2. The number of imidazole rings is 1. The number of methoxy groups -OCH3 is 1. The van der Waals surface area contributed by atoms with Crippen molar-refractivity contribution in [2.45, 2.75) is 25.2 Å². The molecule has 13 heteroatoms. The van der Waals surface area contributed by atoms with Crippen molar-refractivity contribution < 1.29 is 22.7 Å². The van der Waals surface area contributed by atoms with Gasteiger partial charge in [0.1, 0.15) is 11.3 Å². The maximum Gasteiger partial charge on any atom is 0.416 e. The minimum Gasteiger partial charge on any atom is -0.497 e. The van der Waals surface area contributed by atoms with Gasteiger partial charge in [0.05, 0.1) is 38.0 Å². The van der Waals surface area contributed by atoms with Crippen LogP contribution in [0, 0.1) is 0 Å².